The van der Waals surface area contributed by atoms with Gasteiger partial charge in [0.1, 0.15) is 11.4 Å². The van der Waals surface area contributed by atoms with Gasteiger partial charge in [0, 0.05) is 25.0 Å². The summed E-state index contributed by atoms with van der Waals surface area (Å²) in [5.41, 5.74) is -0.765. The van der Waals surface area contributed by atoms with Crippen LogP contribution in [-0.4, -0.2) is 24.7 Å². The molecule has 0 spiro atoms. The number of aliphatic hydroxyl groups is 2. The lowest BCUT2D eigenvalue weighted by atomic mass is 9.74. The van der Waals surface area contributed by atoms with E-state index in [1.807, 2.05) is 54.1 Å². The maximum atomic E-state index is 12.1. The molecule has 0 aliphatic heterocycles. The normalized spacial score (nSPS) is 16.0. The lowest BCUT2D eigenvalue weighted by Crippen LogP contribution is -2.49. The molecule has 5 heteroatoms. The summed E-state index contributed by atoms with van der Waals surface area (Å²) in [6.45, 7) is 1.59. The first kappa shape index (κ1) is 17.4. The quantitative estimate of drug-likeness (QED) is 0.587. The highest BCUT2D eigenvalue weighted by atomic mass is 16.4. The highest BCUT2D eigenvalue weighted by molar-refractivity contribution is 5.76. The second-order valence-electron chi connectivity index (χ2n) is 6.87. The predicted molar refractivity (Wildman–Crippen MR) is 104 cm³/mol. The van der Waals surface area contributed by atoms with Gasteiger partial charge in [0.25, 0.3) is 0 Å². The average Bonchev–Trinajstić information content (AvgIpc) is 3.06. The molecular weight excluding hydrogens is 338 g/mol. The molecule has 2 aromatic heterocycles. The lowest BCUT2D eigenvalue weighted by Gasteiger charge is -2.41. The van der Waals surface area contributed by atoms with Gasteiger partial charge in [-0.05, 0) is 30.7 Å². The number of aromatic nitrogens is 3. The fourth-order valence-corrected chi connectivity index (χ4v) is 3.64. The van der Waals surface area contributed by atoms with Gasteiger partial charge >= 0.3 is 0 Å². The Labute approximate surface area is 157 Å². The molecule has 0 fully saturated rings. The van der Waals surface area contributed by atoms with Crippen LogP contribution in [0.15, 0.2) is 79.1 Å². The van der Waals surface area contributed by atoms with Gasteiger partial charge in [-0.15, -0.1) is 0 Å². The summed E-state index contributed by atoms with van der Waals surface area (Å²) in [6.07, 6.45) is 3.20. The van der Waals surface area contributed by atoms with E-state index in [9.17, 15) is 10.2 Å². The number of nitrogens with zero attached hydrogens (tertiary/aromatic N) is 3. The minimum Gasteiger partial charge on any atom is -0.381 e. The van der Waals surface area contributed by atoms with Gasteiger partial charge in [0.15, 0.2) is 5.60 Å². The van der Waals surface area contributed by atoms with Crippen LogP contribution in [0, 0.1) is 0 Å². The Kier molecular flexibility index (Phi) is 4.06. The molecule has 4 aromatic rings. The Hall–Kier alpha value is -3.02. The van der Waals surface area contributed by atoms with Crippen molar-refractivity contribution in [1.29, 1.82) is 0 Å². The van der Waals surface area contributed by atoms with Crippen molar-refractivity contribution in [3.05, 3.63) is 96.1 Å². The van der Waals surface area contributed by atoms with Crippen molar-refractivity contribution in [2.75, 3.05) is 0 Å². The largest absolute Gasteiger partial charge is 0.381 e. The molecule has 0 saturated carbocycles. The molecule has 0 unspecified atom stereocenters. The van der Waals surface area contributed by atoms with Crippen LogP contribution >= 0.6 is 0 Å². The number of imidazole rings is 1. The Balaban J connectivity index is 2.04. The highest BCUT2D eigenvalue weighted by Gasteiger charge is 2.52. The zero-order chi connectivity index (χ0) is 19.1. The molecule has 27 heavy (non-hydrogen) atoms. The maximum absolute atomic E-state index is 12.1. The van der Waals surface area contributed by atoms with E-state index in [-0.39, 0.29) is 0 Å². The van der Waals surface area contributed by atoms with Gasteiger partial charge in [-0.1, -0.05) is 48.5 Å². The van der Waals surface area contributed by atoms with E-state index in [1.54, 1.807) is 43.6 Å². The third-order valence-corrected chi connectivity index (χ3v) is 5.23. The monoisotopic (exact) mass is 359 g/mol. The Morgan fingerprint density at radius 2 is 1.52 bits per heavy atom. The van der Waals surface area contributed by atoms with E-state index in [1.165, 1.54) is 0 Å². The predicted octanol–water partition coefficient (Wildman–Crippen LogP) is 3.11. The molecule has 0 radical (unpaired) electrons. The molecule has 2 heterocycles. The molecule has 2 N–H and O–H groups in total. The fraction of sp³-hybridized carbons (Fsp3) is 0.182. The summed E-state index contributed by atoms with van der Waals surface area (Å²) < 4.78 is 1.83. The zero-order valence-electron chi connectivity index (χ0n) is 15.2. The van der Waals surface area contributed by atoms with E-state index < -0.39 is 11.2 Å². The number of pyridine rings is 1. The smallest absolute Gasteiger partial charge is 0.180 e. The summed E-state index contributed by atoms with van der Waals surface area (Å²) in [6, 6.07) is 20.3. The van der Waals surface area contributed by atoms with Gasteiger partial charge in [-0.25, -0.2) is 4.98 Å². The number of benzene rings is 2. The molecule has 0 aliphatic carbocycles. The first-order valence-corrected chi connectivity index (χ1v) is 8.79. The molecule has 0 amide bonds. The molecule has 136 valence electrons. The van der Waals surface area contributed by atoms with Crippen LogP contribution in [0.1, 0.15) is 23.9 Å². The molecule has 0 bridgehead atoms. The van der Waals surface area contributed by atoms with Crippen molar-refractivity contribution in [1.82, 2.24) is 14.5 Å². The summed E-state index contributed by atoms with van der Waals surface area (Å²) in [5.74, 6) is 0.365. The van der Waals surface area contributed by atoms with Gasteiger partial charge in [0.2, 0.25) is 0 Å². The number of hydrogen-bond donors (Lipinski definition) is 2. The fourth-order valence-electron chi connectivity index (χ4n) is 3.64. The van der Waals surface area contributed by atoms with Crippen LogP contribution in [-0.2, 0) is 18.2 Å². The van der Waals surface area contributed by atoms with E-state index in [0.717, 1.165) is 11.0 Å². The second-order valence-corrected chi connectivity index (χ2v) is 6.87. The summed E-state index contributed by atoms with van der Waals surface area (Å²) >= 11 is 0. The minimum absolute atomic E-state index is 0.365. The van der Waals surface area contributed by atoms with Crippen molar-refractivity contribution < 1.29 is 10.2 Å². The first-order valence-electron chi connectivity index (χ1n) is 8.79. The average molecular weight is 359 g/mol. The number of hydrogen-bond acceptors (Lipinski definition) is 4. The van der Waals surface area contributed by atoms with E-state index in [4.69, 9.17) is 0 Å². The Morgan fingerprint density at radius 1 is 0.852 bits per heavy atom. The first-order chi connectivity index (χ1) is 13.0. The third-order valence-electron chi connectivity index (χ3n) is 5.23. The van der Waals surface area contributed by atoms with Gasteiger partial charge < -0.3 is 14.8 Å². The van der Waals surface area contributed by atoms with E-state index in [0.29, 0.717) is 17.0 Å². The number of fused-ring (bicyclic) bond motifs is 1. The van der Waals surface area contributed by atoms with Crippen molar-refractivity contribution in [2.24, 2.45) is 7.05 Å². The maximum Gasteiger partial charge on any atom is 0.180 e. The van der Waals surface area contributed by atoms with Gasteiger partial charge in [-0.2, -0.15) is 0 Å². The van der Waals surface area contributed by atoms with Crippen LogP contribution in [0.2, 0.25) is 0 Å². The van der Waals surface area contributed by atoms with Crippen molar-refractivity contribution in [3.63, 3.8) is 0 Å². The minimum atomic E-state index is -1.79. The molecule has 0 saturated heterocycles. The topological polar surface area (TPSA) is 71.2 Å². The molecule has 2 atom stereocenters. The lowest BCUT2D eigenvalue weighted by molar-refractivity contribution is -0.134. The third kappa shape index (κ3) is 2.55. The van der Waals surface area contributed by atoms with Gasteiger partial charge in [-0.3, -0.25) is 4.98 Å². The zero-order valence-corrected chi connectivity index (χ0v) is 15.2. The standard InChI is InChI=1S/C22H21N3O2/c1-21(26,17-11-8-14-23-15-17)22(27,16-9-4-3-5-10-16)20-24-18-12-6-7-13-19(18)25(20)2/h3-15,26-27H,1-2H3/t21-,22+/m0/s1. The number of para-hydroxylation sites is 2. The van der Waals surface area contributed by atoms with Crippen LogP contribution in [0.25, 0.3) is 11.0 Å². The van der Waals surface area contributed by atoms with E-state index >= 15 is 0 Å². The molecular formula is C22H21N3O2. The summed E-state index contributed by atoms with van der Waals surface area (Å²) in [7, 11) is 1.85. The summed E-state index contributed by atoms with van der Waals surface area (Å²) in [5, 5.41) is 23.7. The number of rotatable bonds is 4. The Morgan fingerprint density at radius 3 is 2.19 bits per heavy atom. The van der Waals surface area contributed by atoms with Crippen molar-refractivity contribution in [2.45, 2.75) is 18.1 Å². The van der Waals surface area contributed by atoms with Crippen molar-refractivity contribution in [3.8, 4) is 0 Å². The second kappa shape index (κ2) is 6.30. The van der Waals surface area contributed by atoms with Crippen LogP contribution < -0.4 is 0 Å². The molecule has 2 aromatic carbocycles. The summed E-state index contributed by atoms with van der Waals surface area (Å²) in [4.78, 5) is 8.80. The molecule has 5 nitrogen and oxygen atoms in total. The van der Waals surface area contributed by atoms with Crippen LogP contribution in [0.3, 0.4) is 0 Å². The number of aryl methyl sites for hydroxylation is 1. The van der Waals surface area contributed by atoms with E-state index in [2.05, 4.69) is 9.97 Å². The van der Waals surface area contributed by atoms with Crippen LogP contribution in [0.4, 0.5) is 0 Å². The highest BCUT2D eigenvalue weighted by Crippen LogP contribution is 2.45. The SMILES string of the molecule is Cn1c([C@](O)(c2ccccc2)[C@@](C)(O)c2cccnc2)nc2ccccc21. The Bertz CT molecular complexity index is 1070. The van der Waals surface area contributed by atoms with Crippen molar-refractivity contribution >= 4 is 11.0 Å². The van der Waals surface area contributed by atoms with Gasteiger partial charge in [0.05, 0.1) is 11.0 Å². The molecule has 0 aliphatic rings. The van der Waals surface area contributed by atoms with Crippen LogP contribution in [0.5, 0.6) is 0 Å². The molecule has 4 rings (SSSR count).